The maximum Gasteiger partial charge on any atom is 0.336 e. The van der Waals surface area contributed by atoms with Crippen molar-refractivity contribution in [1.82, 2.24) is 4.90 Å². The lowest BCUT2D eigenvalue weighted by molar-refractivity contribution is -0.137. The molecule has 1 N–H and O–H groups in total. The van der Waals surface area contributed by atoms with E-state index in [-0.39, 0.29) is 11.8 Å². The fourth-order valence-corrected chi connectivity index (χ4v) is 4.05. The molecule has 5 nitrogen and oxygen atoms in total. The summed E-state index contributed by atoms with van der Waals surface area (Å²) in [7, 11) is 0. The van der Waals surface area contributed by atoms with Gasteiger partial charge in [-0.3, -0.25) is 9.69 Å². The Bertz CT molecular complexity index is 562. The Morgan fingerprint density at radius 1 is 1.32 bits per heavy atom. The van der Waals surface area contributed by atoms with Gasteiger partial charge in [0, 0.05) is 19.5 Å². The highest BCUT2D eigenvalue weighted by Gasteiger charge is 2.57. The summed E-state index contributed by atoms with van der Waals surface area (Å²) >= 11 is 0. The number of carbonyl (C=O) groups is 2. The Labute approximate surface area is 110 Å². The van der Waals surface area contributed by atoms with Crippen LogP contribution >= 0.6 is 0 Å². The van der Waals surface area contributed by atoms with Gasteiger partial charge in [-0.05, 0) is 30.1 Å². The van der Waals surface area contributed by atoms with Crippen LogP contribution in [0, 0.1) is 0 Å². The number of carbonyl (C=O) groups excluding carboxylic acids is 2. The first-order chi connectivity index (χ1) is 9.13. The average Bonchev–Trinajstić information content (AvgIpc) is 2.92. The van der Waals surface area contributed by atoms with E-state index in [1.54, 1.807) is 6.08 Å². The zero-order chi connectivity index (χ0) is 13.2. The van der Waals surface area contributed by atoms with Crippen molar-refractivity contribution in [2.24, 2.45) is 0 Å². The molecule has 100 valence electrons. The lowest BCUT2D eigenvalue weighted by atomic mass is 9.71. The van der Waals surface area contributed by atoms with Gasteiger partial charge in [-0.25, -0.2) is 4.79 Å². The van der Waals surface area contributed by atoms with Crippen molar-refractivity contribution in [3.05, 3.63) is 22.8 Å². The number of rotatable bonds is 0. The quantitative estimate of drug-likeness (QED) is 0.619. The predicted octanol–water partition coefficient (Wildman–Crippen LogP) is -0.0519. The molecule has 1 saturated heterocycles. The molecule has 0 aromatic carbocycles. The van der Waals surface area contributed by atoms with Crippen molar-refractivity contribution >= 4 is 11.8 Å². The van der Waals surface area contributed by atoms with Gasteiger partial charge in [0.1, 0.15) is 12.7 Å². The molecule has 0 saturated carbocycles. The zero-order valence-corrected chi connectivity index (χ0v) is 10.5. The third-order valence-electron chi connectivity index (χ3n) is 4.89. The molecule has 0 radical (unpaired) electrons. The molecule has 0 amide bonds. The number of aliphatic hydroxyl groups excluding tert-OH is 1. The minimum Gasteiger partial charge on any atom is -0.458 e. The van der Waals surface area contributed by atoms with Gasteiger partial charge in [0.15, 0.2) is 5.78 Å². The van der Waals surface area contributed by atoms with Gasteiger partial charge in [-0.1, -0.05) is 0 Å². The first-order valence-electron chi connectivity index (χ1n) is 6.70. The minimum atomic E-state index is -1.01. The molecule has 19 heavy (non-hydrogen) atoms. The second kappa shape index (κ2) is 3.55. The summed E-state index contributed by atoms with van der Waals surface area (Å²) in [6, 6.07) is 0. The van der Waals surface area contributed by atoms with E-state index in [1.165, 1.54) is 0 Å². The smallest absolute Gasteiger partial charge is 0.336 e. The highest BCUT2D eigenvalue weighted by atomic mass is 16.5. The number of cyclic esters (lactones) is 1. The Morgan fingerprint density at radius 2 is 2.11 bits per heavy atom. The largest absolute Gasteiger partial charge is 0.458 e. The molecule has 0 bridgehead atoms. The number of aliphatic hydroxyl groups is 1. The number of hydrogen-bond acceptors (Lipinski definition) is 5. The van der Waals surface area contributed by atoms with Crippen LogP contribution in [0.2, 0.25) is 0 Å². The van der Waals surface area contributed by atoms with E-state index in [9.17, 15) is 14.7 Å². The molecular formula is C14H15NO4. The van der Waals surface area contributed by atoms with E-state index in [4.69, 9.17) is 4.74 Å². The molecule has 3 aliphatic heterocycles. The lowest BCUT2D eigenvalue weighted by Crippen LogP contribution is -2.55. The third-order valence-corrected chi connectivity index (χ3v) is 4.89. The second-order valence-electron chi connectivity index (χ2n) is 5.69. The molecule has 2 atom stereocenters. The number of ether oxygens (including phenoxy) is 1. The monoisotopic (exact) mass is 261 g/mol. The van der Waals surface area contributed by atoms with Crippen LogP contribution in [0.25, 0.3) is 0 Å². The van der Waals surface area contributed by atoms with Crippen LogP contribution < -0.4 is 0 Å². The van der Waals surface area contributed by atoms with Crippen molar-refractivity contribution in [3.8, 4) is 0 Å². The van der Waals surface area contributed by atoms with Crippen LogP contribution in [0.3, 0.4) is 0 Å². The Hall–Kier alpha value is -1.46. The van der Waals surface area contributed by atoms with Crippen LogP contribution in [0.1, 0.15) is 19.3 Å². The summed E-state index contributed by atoms with van der Waals surface area (Å²) in [5.74, 6) is -0.504. The lowest BCUT2D eigenvalue weighted by Gasteiger charge is -2.45. The first kappa shape index (κ1) is 11.4. The van der Waals surface area contributed by atoms with Crippen LogP contribution in [0.4, 0.5) is 0 Å². The van der Waals surface area contributed by atoms with Gasteiger partial charge in [-0.2, -0.15) is 0 Å². The van der Waals surface area contributed by atoms with Gasteiger partial charge >= 0.3 is 5.97 Å². The predicted molar refractivity (Wildman–Crippen MR) is 65.2 cm³/mol. The van der Waals surface area contributed by atoms with Crippen LogP contribution in [0.15, 0.2) is 22.8 Å². The fourth-order valence-electron chi connectivity index (χ4n) is 4.05. The van der Waals surface area contributed by atoms with Gasteiger partial charge < -0.3 is 9.84 Å². The van der Waals surface area contributed by atoms with E-state index in [0.717, 1.165) is 37.1 Å². The van der Waals surface area contributed by atoms with Gasteiger partial charge in [0.25, 0.3) is 0 Å². The molecule has 0 unspecified atom stereocenters. The summed E-state index contributed by atoms with van der Waals surface area (Å²) in [6.45, 7) is 2.09. The Morgan fingerprint density at radius 3 is 2.95 bits per heavy atom. The standard InChI is InChI=1S/C14H15NO4/c16-10-5-9-2-4-15-3-1-8-7-19-13(18)12(8)14(9,15)6-11(10)17/h5,11,17H,1-4,6-7H2/t11-,14+/m1/s1. The number of nitrogens with zero attached hydrogens (tertiary/aromatic N) is 1. The maximum atomic E-state index is 12.1. The molecule has 1 aliphatic carbocycles. The van der Waals surface area contributed by atoms with Crippen molar-refractivity contribution in [2.45, 2.75) is 30.9 Å². The van der Waals surface area contributed by atoms with E-state index in [2.05, 4.69) is 4.90 Å². The van der Waals surface area contributed by atoms with Crippen LogP contribution in [-0.2, 0) is 14.3 Å². The molecule has 0 aromatic rings. The van der Waals surface area contributed by atoms with Gasteiger partial charge in [-0.15, -0.1) is 0 Å². The van der Waals surface area contributed by atoms with E-state index in [1.807, 2.05) is 0 Å². The van der Waals surface area contributed by atoms with Gasteiger partial charge in [0.05, 0.1) is 11.1 Å². The highest BCUT2D eigenvalue weighted by Crippen LogP contribution is 2.51. The fraction of sp³-hybridized carbons (Fsp3) is 0.571. The minimum absolute atomic E-state index is 0.235. The number of ketones is 1. The van der Waals surface area contributed by atoms with Crippen LogP contribution in [-0.4, -0.2) is 53.1 Å². The summed E-state index contributed by atoms with van der Waals surface area (Å²) in [5.41, 5.74) is 2.17. The average molecular weight is 261 g/mol. The molecule has 5 heteroatoms. The zero-order valence-electron chi connectivity index (χ0n) is 10.5. The van der Waals surface area contributed by atoms with E-state index < -0.39 is 11.6 Å². The highest BCUT2D eigenvalue weighted by molar-refractivity contribution is 6.00. The SMILES string of the molecule is O=C1OCC2=C1[C@]13C[C@@H](O)C(=O)C=C1CCN3CC2. The summed E-state index contributed by atoms with van der Waals surface area (Å²) in [6.07, 6.45) is 2.48. The summed E-state index contributed by atoms with van der Waals surface area (Å²) in [5, 5.41) is 9.97. The molecule has 4 aliphatic rings. The topological polar surface area (TPSA) is 66.8 Å². The van der Waals surface area contributed by atoms with Crippen LogP contribution in [0.5, 0.6) is 0 Å². The van der Waals surface area contributed by atoms with Crippen molar-refractivity contribution in [3.63, 3.8) is 0 Å². The summed E-state index contributed by atoms with van der Waals surface area (Å²) < 4.78 is 5.18. The molecule has 1 fully saturated rings. The first-order valence-corrected chi connectivity index (χ1v) is 6.70. The molecule has 0 aromatic heterocycles. The molecule has 4 rings (SSSR count). The Balaban J connectivity index is 1.94. The number of hydrogen-bond donors (Lipinski definition) is 1. The Kier molecular flexibility index (Phi) is 2.13. The van der Waals surface area contributed by atoms with E-state index in [0.29, 0.717) is 18.6 Å². The summed E-state index contributed by atoms with van der Waals surface area (Å²) in [4.78, 5) is 26.0. The second-order valence-corrected chi connectivity index (χ2v) is 5.69. The van der Waals surface area contributed by atoms with Crippen molar-refractivity contribution in [1.29, 1.82) is 0 Å². The van der Waals surface area contributed by atoms with E-state index >= 15 is 0 Å². The molecule has 1 spiro atoms. The number of esters is 1. The normalized spacial score (nSPS) is 37.7. The molecular weight excluding hydrogens is 246 g/mol. The van der Waals surface area contributed by atoms with Crippen molar-refractivity contribution in [2.75, 3.05) is 19.7 Å². The van der Waals surface area contributed by atoms with Crippen molar-refractivity contribution < 1.29 is 19.4 Å². The van der Waals surface area contributed by atoms with Gasteiger partial charge in [0.2, 0.25) is 0 Å². The molecule has 3 heterocycles. The third kappa shape index (κ3) is 1.27. The maximum absolute atomic E-state index is 12.1.